The van der Waals surface area contributed by atoms with E-state index in [2.05, 4.69) is 15.1 Å². The van der Waals surface area contributed by atoms with Crippen LogP contribution in [0, 0.1) is 0 Å². The Morgan fingerprint density at radius 3 is 2.88 bits per heavy atom. The first-order valence-corrected chi connectivity index (χ1v) is 4.75. The van der Waals surface area contributed by atoms with Crippen molar-refractivity contribution in [2.24, 2.45) is 0 Å². The molecule has 0 spiro atoms. The van der Waals surface area contributed by atoms with Crippen molar-refractivity contribution in [2.75, 3.05) is 0 Å². The molecule has 0 unspecified atom stereocenters. The van der Waals surface area contributed by atoms with Crippen LogP contribution in [0.3, 0.4) is 0 Å². The number of hydrogen-bond acceptors (Lipinski definition) is 4. The zero-order chi connectivity index (χ0) is 11.4. The standard InChI is InChI=1S/C11H10N4O/c1-9(16)2-3-10-4-5-11(13-6-10)15-8-12-7-14-15/h2-8H,1H3/b3-2+. The first-order valence-electron chi connectivity index (χ1n) is 4.75. The van der Waals surface area contributed by atoms with Gasteiger partial charge in [-0.05, 0) is 36.8 Å². The minimum absolute atomic E-state index is 0.0142. The number of ketones is 1. The quantitative estimate of drug-likeness (QED) is 0.722. The Morgan fingerprint density at radius 1 is 1.44 bits per heavy atom. The van der Waals surface area contributed by atoms with Gasteiger partial charge in [-0.3, -0.25) is 4.79 Å². The fraction of sp³-hybridized carbons (Fsp3) is 0.0909. The van der Waals surface area contributed by atoms with Crippen molar-refractivity contribution in [3.63, 3.8) is 0 Å². The van der Waals surface area contributed by atoms with Gasteiger partial charge in [-0.15, -0.1) is 0 Å². The van der Waals surface area contributed by atoms with E-state index in [-0.39, 0.29) is 5.78 Å². The lowest BCUT2D eigenvalue weighted by molar-refractivity contribution is -0.112. The van der Waals surface area contributed by atoms with Gasteiger partial charge in [0.2, 0.25) is 0 Å². The number of pyridine rings is 1. The van der Waals surface area contributed by atoms with Gasteiger partial charge < -0.3 is 0 Å². The predicted octanol–water partition coefficient (Wildman–Crippen LogP) is 1.26. The highest BCUT2D eigenvalue weighted by Gasteiger charge is 1.97. The molecule has 0 aliphatic heterocycles. The lowest BCUT2D eigenvalue weighted by Gasteiger charge is -1.98. The number of aromatic nitrogens is 4. The van der Waals surface area contributed by atoms with Gasteiger partial charge in [0.1, 0.15) is 12.7 Å². The average molecular weight is 214 g/mol. The van der Waals surface area contributed by atoms with Crippen LogP contribution in [0.15, 0.2) is 37.1 Å². The van der Waals surface area contributed by atoms with E-state index < -0.39 is 0 Å². The molecule has 5 heteroatoms. The van der Waals surface area contributed by atoms with E-state index in [1.807, 2.05) is 12.1 Å². The van der Waals surface area contributed by atoms with Crippen LogP contribution >= 0.6 is 0 Å². The highest BCUT2D eigenvalue weighted by atomic mass is 16.1. The molecule has 0 aliphatic carbocycles. The molecule has 0 bridgehead atoms. The van der Waals surface area contributed by atoms with Crippen molar-refractivity contribution in [3.05, 3.63) is 42.6 Å². The molecule has 0 fully saturated rings. The molecule has 2 aromatic heterocycles. The molecule has 0 amide bonds. The van der Waals surface area contributed by atoms with Crippen molar-refractivity contribution >= 4 is 11.9 Å². The van der Waals surface area contributed by atoms with Crippen molar-refractivity contribution in [3.8, 4) is 5.82 Å². The fourth-order valence-electron chi connectivity index (χ4n) is 1.17. The summed E-state index contributed by atoms with van der Waals surface area (Å²) in [5, 5.41) is 3.96. The van der Waals surface area contributed by atoms with E-state index in [0.29, 0.717) is 5.82 Å². The van der Waals surface area contributed by atoms with Crippen LogP contribution in [0.1, 0.15) is 12.5 Å². The molecule has 0 atom stereocenters. The first kappa shape index (κ1) is 10.2. The van der Waals surface area contributed by atoms with E-state index in [0.717, 1.165) is 5.56 Å². The highest BCUT2D eigenvalue weighted by Crippen LogP contribution is 2.05. The molecule has 0 saturated carbocycles. The maximum atomic E-state index is 10.7. The molecular formula is C11H10N4O. The van der Waals surface area contributed by atoms with Crippen LogP contribution in [0.5, 0.6) is 0 Å². The summed E-state index contributed by atoms with van der Waals surface area (Å²) in [6.07, 6.45) is 7.93. The molecule has 16 heavy (non-hydrogen) atoms. The molecule has 0 aromatic carbocycles. The van der Waals surface area contributed by atoms with Gasteiger partial charge in [0.25, 0.3) is 0 Å². The molecule has 2 aromatic rings. The van der Waals surface area contributed by atoms with E-state index in [4.69, 9.17) is 0 Å². The van der Waals surface area contributed by atoms with E-state index in [9.17, 15) is 4.79 Å². The summed E-state index contributed by atoms with van der Waals surface area (Å²) >= 11 is 0. The Balaban J connectivity index is 2.20. The summed E-state index contributed by atoms with van der Waals surface area (Å²) in [7, 11) is 0. The van der Waals surface area contributed by atoms with E-state index in [1.165, 1.54) is 19.3 Å². The van der Waals surface area contributed by atoms with Gasteiger partial charge in [-0.1, -0.05) is 0 Å². The highest BCUT2D eigenvalue weighted by molar-refractivity contribution is 5.91. The lowest BCUT2D eigenvalue weighted by Crippen LogP contribution is -1.97. The number of carbonyl (C=O) groups is 1. The molecule has 2 heterocycles. The maximum absolute atomic E-state index is 10.7. The van der Waals surface area contributed by atoms with Crippen molar-refractivity contribution in [2.45, 2.75) is 6.92 Å². The van der Waals surface area contributed by atoms with Crippen LogP contribution in [0.4, 0.5) is 0 Å². The minimum atomic E-state index is 0.0142. The van der Waals surface area contributed by atoms with Gasteiger partial charge in [0.05, 0.1) is 0 Å². The zero-order valence-corrected chi connectivity index (χ0v) is 8.74. The molecular weight excluding hydrogens is 204 g/mol. The fourth-order valence-corrected chi connectivity index (χ4v) is 1.17. The van der Waals surface area contributed by atoms with E-state index >= 15 is 0 Å². The van der Waals surface area contributed by atoms with Gasteiger partial charge in [0.15, 0.2) is 11.6 Å². The second-order valence-corrected chi connectivity index (χ2v) is 3.23. The molecule has 0 radical (unpaired) electrons. The summed E-state index contributed by atoms with van der Waals surface area (Å²) in [6.45, 7) is 1.51. The Labute approximate surface area is 92.5 Å². The van der Waals surface area contributed by atoms with Crippen LogP contribution in [0.25, 0.3) is 11.9 Å². The molecule has 2 rings (SSSR count). The molecule has 0 saturated heterocycles. The largest absolute Gasteiger partial charge is 0.295 e. The van der Waals surface area contributed by atoms with Crippen LogP contribution in [-0.4, -0.2) is 25.5 Å². The Kier molecular flexibility index (Phi) is 2.86. The van der Waals surface area contributed by atoms with Crippen LogP contribution in [0.2, 0.25) is 0 Å². The van der Waals surface area contributed by atoms with Crippen molar-refractivity contribution in [1.29, 1.82) is 0 Å². The number of rotatable bonds is 3. The van der Waals surface area contributed by atoms with Gasteiger partial charge in [-0.2, -0.15) is 5.10 Å². The lowest BCUT2D eigenvalue weighted by atomic mass is 10.2. The zero-order valence-electron chi connectivity index (χ0n) is 8.74. The number of carbonyl (C=O) groups excluding carboxylic acids is 1. The SMILES string of the molecule is CC(=O)/C=C/c1ccc(-n2cncn2)nc1. The smallest absolute Gasteiger partial charge is 0.155 e. The number of nitrogens with zero attached hydrogens (tertiary/aromatic N) is 4. The summed E-state index contributed by atoms with van der Waals surface area (Å²) in [5.74, 6) is 0.706. The molecule has 0 N–H and O–H groups in total. The van der Waals surface area contributed by atoms with Crippen LogP contribution < -0.4 is 0 Å². The molecule has 0 aliphatic rings. The monoisotopic (exact) mass is 214 g/mol. The summed E-state index contributed by atoms with van der Waals surface area (Å²) in [4.78, 5) is 18.8. The maximum Gasteiger partial charge on any atom is 0.155 e. The second-order valence-electron chi connectivity index (χ2n) is 3.23. The first-order chi connectivity index (χ1) is 7.75. The normalized spacial score (nSPS) is 10.8. The second kappa shape index (κ2) is 4.48. The third-order valence-electron chi connectivity index (χ3n) is 1.93. The number of hydrogen-bond donors (Lipinski definition) is 0. The predicted molar refractivity (Wildman–Crippen MR) is 58.9 cm³/mol. The Morgan fingerprint density at radius 2 is 2.31 bits per heavy atom. The third-order valence-corrected chi connectivity index (χ3v) is 1.93. The summed E-state index contributed by atoms with van der Waals surface area (Å²) < 4.78 is 1.57. The van der Waals surface area contributed by atoms with Crippen molar-refractivity contribution in [1.82, 2.24) is 19.7 Å². The third kappa shape index (κ3) is 2.38. The van der Waals surface area contributed by atoms with Crippen molar-refractivity contribution < 1.29 is 4.79 Å². The number of allylic oxidation sites excluding steroid dienone is 1. The van der Waals surface area contributed by atoms with Crippen LogP contribution in [-0.2, 0) is 4.79 Å². The summed E-state index contributed by atoms with van der Waals surface area (Å²) in [6, 6.07) is 3.68. The Bertz CT molecular complexity index is 499. The Hall–Kier alpha value is -2.30. The molecule has 5 nitrogen and oxygen atoms in total. The molecule has 80 valence electrons. The average Bonchev–Trinajstić information content (AvgIpc) is 2.80. The van der Waals surface area contributed by atoms with Gasteiger partial charge in [0, 0.05) is 6.20 Å². The summed E-state index contributed by atoms with van der Waals surface area (Å²) in [5.41, 5.74) is 0.874. The topological polar surface area (TPSA) is 60.7 Å². The van der Waals surface area contributed by atoms with Gasteiger partial charge >= 0.3 is 0 Å². The van der Waals surface area contributed by atoms with E-state index in [1.54, 1.807) is 23.3 Å². The van der Waals surface area contributed by atoms with Gasteiger partial charge in [-0.25, -0.2) is 14.6 Å². The minimum Gasteiger partial charge on any atom is -0.295 e.